The Morgan fingerprint density at radius 3 is 2.78 bits per heavy atom. The average molecular weight is 385 g/mol. The van der Waals surface area contributed by atoms with Crippen LogP contribution in [-0.2, 0) is 9.53 Å². The molecule has 0 spiro atoms. The van der Waals surface area contributed by atoms with Crippen LogP contribution in [0.15, 0.2) is 16.6 Å². The molecule has 126 valence electrons. The highest BCUT2D eigenvalue weighted by Crippen LogP contribution is 2.37. The van der Waals surface area contributed by atoms with E-state index in [-0.39, 0.29) is 18.0 Å². The van der Waals surface area contributed by atoms with Crippen LogP contribution in [0.1, 0.15) is 24.9 Å². The number of carbonyl (C=O) groups excluding carboxylic acids is 1. The summed E-state index contributed by atoms with van der Waals surface area (Å²) in [5, 5.41) is 6.31. The first-order valence-electron chi connectivity index (χ1n) is 7.83. The maximum atomic E-state index is 12.2. The Labute approximate surface area is 144 Å². The van der Waals surface area contributed by atoms with E-state index in [0.717, 1.165) is 28.1 Å². The third-order valence-electron chi connectivity index (χ3n) is 3.94. The maximum absolute atomic E-state index is 12.2. The van der Waals surface area contributed by atoms with Crippen molar-refractivity contribution in [1.82, 2.24) is 10.6 Å². The van der Waals surface area contributed by atoms with Crippen LogP contribution in [0.3, 0.4) is 0 Å². The van der Waals surface area contributed by atoms with E-state index in [9.17, 15) is 4.79 Å². The van der Waals surface area contributed by atoms with Gasteiger partial charge in [0.2, 0.25) is 5.91 Å². The van der Waals surface area contributed by atoms with Crippen LogP contribution < -0.4 is 20.1 Å². The Balaban J connectivity index is 1.63. The molecule has 1 aromatic carbocycles. The van der Waals surface area contributed by atoms with E-state index in [1.54, 1.807) is 0 Å². The predicted octanol–water partition coefficient (Wildman–Crippen LogP) is 1.78. The summed E-state index contributed by atoms with van der Waals surface area (Å²) < 4.78 is 17.4. The van der Waals surface area contributed by atoms with Crippen LogP contribution in [-0.4, -0.2) is 44.9 Å². The average Bonchev–Trinajstić information content (AvgIpc) is 2.55. The molecule has 0 aliphatic carbocycles. The Morgan fingerprint density at radius 1 is 1.35 bits per heavy atom. The molecule has 7 heteroatoms. The van der Waals surface area contributed by atoms with Crippen LogP contribution in [0, 0.1) is 0 Å². The lowest BCUT2D eigenvalue weighted by Crippen LogP contribution is -2.44. The monoisotopic (exact) mass is 384 g/mol. The largest absolute Gasteiger partial charge is 0.486 e. The minimum Gasteiger partial charge on any atom is -0.486 e. The van der Waals surface area contributed by atoms with Gasteiger partial charge in [-0.1, -0.05) is 15.9 Å². The Bertz CT molecular complexity index is 575. The molecule has 0 saturated carbocycles. The van der Waals surface area contributed by atoms with Crippen molar-refractivity contribution in [3.05, 3.63) is 22.2 Å². The Kier molecular flexibility index (Phi) is 5.40. The van der Waals surface area contributed by atoms with Crippen molar-refractivity contribution >= 4 is 21.8 Å². The normalized spacial score (nSPS) is 21.6. The summed E-state index contributed by atoms with van der Waals surface area (Å²) in [5.41, 5.74) is 0.968. The van der Waals surface area contributed by atoms with Gasteiger partial charge in [0.1, 0.15) is 13.2 Å². The van der Waals surface area contributed by atoms with Crippen LogP contribution in [0.2, 0.25) is 0 Å². The molecule has 0 bridgehead atoms. The maximum Gasteiger partial charge on any atom is 0.222 e. The molecule has 0 aromatic heterocycles. The van der Waals surface area contributed by atoms with Gasteiger partial charge in [0.25, 0.3) is 0 Å². The Morgan fingerprint density at radius 2 is 2.09 bits per heavy atom. The van der Waals surface area contributed by atoms with E-state index >= 15 is 0 Å². The van der Waals surface area contributed by atoms with Crippen LogP contribution >= 0.6 is 15.9 Å². The van der Waals surface area contributed by atoms with Crippen molar-refractivity contribution in [1.29, 1.82) is 0 Å². The number of fused-ring (bicyclic) bond motifs is 1. The lowest BCUT2D eigenvalue weighted by atomic mass is 10.1. The molecule has 0 radical (unpaired) electrons. The number of rotatable bonds is 4. The number of carbonyl (C=O) groups is 1. The van der Waals surface area contributed by atoms with E-state index in [1.807, 2.05) is 19.1 Å². The van der Waals surface area contributed by atoms with Gasteiger partial charge >= 0.3 is 0 Å². The molecule has 1 amide bonds. The second-order valence-corrected chi connectivity index (χ2v) is 6.59. The van der Waals surface area contributed by atoms with Crippen molar-refractivity contribution in [2.75, 3.05) is 33.0 Å². The SMILES string of the molecule is CC(NC(=O)CC1COCCN1)c1cc2c(cc1Br)OCCO2. The molecule has 2 aliphatic heterocycles. The van der Waals surface area contributed by atoms with Crippen LogP contribution in [0.25, 0.3) is 0 Å². The van der Waals surface area contributed by atoms with Crippen molar-refractivity contribution < 1.29 is 19.0 Å². The smallest absolute Gasteiger partial charge is 0.222 e. The number of hydrogen-bond acceptors (Lipinski definition) is 5. The fourth-order valence-electron chi connectivity index (χ4n) is 2.76. The third kappa shape index (κ3) is 4.16. The number of morpholine rings is 1. The van der Waals surface area contributed by atoms with E-state index in [4.69, 9.17) is 14.2 Å². The zero-order valence-electron chi connectivity index (χ0n) is 13.1. The molecule has 6 nitrogen and oxygen atoms in total. The van der Waals surface area contributed by atoms with Crippen LogP contribution in [0.4, 0.5) is 0 Å². The van der Waals surface area contributed by atoms with E-state index < -0.39 is 0 Å². The minimum absolute atomic E-state index is 0.00212. The van der Waals surface area contributed by atoms with Gasteiger partial charge in [0.05, 0.1) is 19.3 Å². The van der Waals surface area contributed by atoms with Gasteiger partial charge < -0.3 is 24.8 Å². The predicted molar refractivity (Wildman–Crippen MR) is 88.9 cm³/mol. The van der Waals surface area contributed by atoms with Gasteiger partial charge in [0, 0.05) is 23.5 Å². The van der Waals surface area contributed by atoms with E-state index in [2.05, 4.69) is 26.6 Å². The molecule has 23 heavy (non-hydrogen) atoms. The molecule has 2 unspecified atom stereocenters. The summed E-state index contributed by atoms with van der Waals surface area (Å²) in [6.07, 6.45) is 0.409. The zero-order chi connectivity index (χ0) is 16.2. The second-order valence-electron chi connectivity index (χ2n) is 5.74. The fraction of sp³-hybridized carbons (Fsp3) is 0.562. The Hall–Kier alpha value is -1.31. The summed E-state index contributed by atoms with van der Waals surface area (Å²) in [7, 11) is 0. The highest BCUT2D eigenvalue weighted by Gasteiger charge is 2.21. The lowest BCUT2D eigenvalue weighted by Gasteiger charge is -2.25. The van der Waals surface area contributed by atoms with Crippen LogP contribution in [0.5, 0.6) is 11.5 Å². The fourth-order valence-corrected chi connectivity index (χ4v) is 3.43. The quantitative estimate of drug-likeness (QED) is 0.827. The van der Waals surface area contributed by atoms with E-state index in [1.165, 1.54) is 0 Å². The summed E-state index contributed by atoms with van der Waals surface area (Å²) in [5.74, 6) is 1.45. The van der Waals surface area contributed by atoms with Gasteiger partial charge in [-0.05, 0) is 24.6 Å². The van der Waals surface area contributed by atoms with E-state index in [0.29, 0.717) is 32.8 Å². The third-order valence-corrected chi connectivity index (χ3v) is 4.62. The highest BCUT2D eigenvalue weighted by molar-refractivity contribution is 9.10. The molecule has 1 saturated heterocycles. The summed E-state index contributed by atoms with van der Waals surface area (Å²) in [6, 6.07) is 3.77. The first kappa shape index (κ1) is 16.5. The van der Waals surface area contributed by atoms with Crippen molar-refractivity contribution in [3.63, 3.8) is 0 Å². The van der Waals surface area contributed by atoms with Gasteiger partial charge in [-0.3, -0.25) is 4.79 Å². The minimum atomic E-state index is -0.128. The van der Waals surface area contributed by atoms with Gasteiger partial charge in [-0.25, -0.2) is 0 Å². The molecule has 3 rings (SSSR count). The number of benzene rings is 1. The molecule has 1 fully saturated rings. The summed E-state index contributed by atoms with van der Waals surface area (Å²) in [6.45, 7) is 5.14. The molecule has 2 N–H and O–H groups in total. The standard InChI is InChI=1S/C16H21BrN2O4/c1-10(19-16(20)6-11-9-21-3-2-18-11)12-7-14-15(8-13(12)17)23-5-4-22-14/h7-8,10-11,18H,2-6,9H2,1H3,(H,19,20). The second kappa shape index (κ2) is 7.51. The van der Waals surface area contributed by atoms with Crippen molar-refractivity contribution in [2.45, 2.75) is 25.4 Å². The first-order chi connectivity index (χ1) is 11.1. The number of hydrogen-bond donors (Lipinski definition) is 2. The van der Waals surface area contributed by atoms with Gasteiger partial charge in [-0.2, -0.15) is 0 Å². The number of ether oxygens (including phenoxy) is 3. The molecule has 2 heterocycles. The topological polar surface area (TPSA) is 68.8 Å². The number of amides is 1. The molecule has 2 aliphatic rings. The molecule has 1 aromatic rings. The van der Waals surface area contributed by atoms with Crippen molar-refractivity contribution in [2.24, 2.45) is 0 Å². The molecular formula is C16H21BrN2O4. The number of nitrogens with one attached hydrogen (secondary N) is 2. The number of halogens is 1. The summed E-state index contributed by atoms with van der Waals surface area (Å²) in [4.78, 5) is 12.2. The van der Waals surface area contributed by atoms with Gasteiger partial charge in [0.15, 0.2) is 11.5 Å². The summed E-state index contributed by atoms with van der Waals surface area (Å²) >= 11 is 3.55. The zero-order valence-corrected chi connectivity index (χ0v) is 14.6. The molecular weight excluding hydrogens is 364 g/mol. The molecule has 2 atom stereocenters. The van der Waals surface area contributed by atoms with Gasteiger partial charge in [-0.15, -0.1) is 0 Å². The highest BCUT2D eigenvalue weighted by atomic mass is 79.9. The first-order valence-corrected chi connectivity index (χ1v) is 8.62. The van der Waals surface area contributed by atoms with Crippen molar-refractivity contribution in [3.8, 4) is 11.5 Å². The lowest BCUT2D eigenvalue weighted by molar-refractivity contribution is -0.122.